The van der Waals surface area contributed by atoms with Gasteiger partial charge in [-0.1, -0.05) is 58.3 Å². The summed E-state index contributed by atoms with van der Waals surface area (Å²) in [5, 5.41) is 0. The maximum Gasteiger partial charge on any atom is 0.389 e. The highest BCUT2D eigenvalue weighted by atomic mass is 24.3. The molecule has 0 rings (SSSR count). The van der Waals surface area contributed by atoms with E-state index in [1.165, 1.54) is 19.3 Å². The van der Waals surface area contributed by atoms with Gasteiger partial charge in [0.2, 0.25) is 0 Å². The van der Waals surface area contributed by atoms with Crippen LogP contribution >= 0.6 is 0 Å². The van der Waals surface area contributed by atoms with Gasteiger partial charge in [0.1, 0.15) is 0 Å². The summed E-state index contributed by atoms with van der Waals surface area (Å²) in [6, 6.07) is 0. The second-order valence-electron chi connectivity index (χ2n) is 4.05. The summed E-state index contributed by atoms with van der Waals surface area (Å²) in [5.41, 5.74) is 0. The molecular weight excluding hydrogens is 225 g/mol. The highest BCUT2D eigenvalue weighted by Crippen LogP contribution is 2.23. The van der Waals surface area contributed by atoms with E-state index in [-0.39, 0.29) is 23.1 Å². The van der Waals surface area contributed by atoms with Crippen molar-refractivity contribution in [3.8, 4) is 0 Å². The molecule has 0 aromatic rings. The van der Waals surface area contributed by atoms with E-state index >= 15 is 0 Å². The van der Waals surface area contributed by atoms with Gasteiger partial charge in [-0.15, -0.1) is 0 Å². The van der Waals surface area contributed by atoms with Gasteiger partial charge in [0.05, 0.1) is 0 Å². The Balaban J connectivity index is 0. The number of hydrogen-bond donors (Lipinski definition) is 0. The Hall–Kier alpha value is 0.556. The summed E-state index contributed by atoms with van der Waals surface area (Å²) >= 11 is 0. The Bertz CT molecular complexity index is 135. The van der Waals surface area contributed by atoms with Crippen molar-refractivity contribution in [3.63, 3.8) is 0 Å². The van der Waals surface area contributed by atoms with Gasteiger partial charge in [-0.2, -0.15) is 13.2 Å². The highest BCUT2D eigenvalue weighted by Gasteiger charge is 2.25. The SMILES string of the molecule is [CH2]CCCCCCCCCCC(F)(F)F.[MgH2]. The molecule has 16 heavy (non-hydrogen) atoms. The minimum absolute atomic E-state index is 0. The predicted molar refractivity (Wildman–Crippen MR) is 66.1 cm³/mol. The van der Waals surface area contributed by atoms with E-state index in [4.69, 9.17) is 0 Å². The van der Waals surface area contributed by atoms with Crippen LogP contribution in [0, 0.1) is 6.92 Å². The molecule has 0 fully saturated rings. The lowest BCUT2D eigenvalue weighted by atomic mass is 10.1. The quantitative estimate of drug-likeness (QED) is 0.420. The molecule has 0 aliphatic rings. The van der Waals surface area contributed by atoms with Crippen LogP contribution in [0.15, 0.2) is 0 Å². The summed E-state index contributed by atoms with van der Waals surface area (Å²) in [4.78, 5) is 0. The van der Waals surface area contributed by atoms with Gasteiger partial charge >= 0.3 is 29.2 Å². The smallest absolute Gasteiger partial charge is 0.171 e. The summed E-state index contributed by atoms with van der Waals surface area (Å²) in [6.07, 6.45) is 4.20. The van der Waals surface area contributed by atoms with Crippen LogP contribution in [-0.2, 0) is 0 Å². The standard InChI is InChI=1S/C12H22F3.Mg.2H/c1-2-3-4-5-6-7-8-9-10-11-12(13,14)15;;;/h1-11H2;;;. The van der Waals surface area contributed by atoms with Gasteiger partial charge in [0, 0.05) is 6.42 Å². The normalized spacial score (nSPS) is 11.2. The first-order chi connectivity index (χ1) is 7.06. The molecule has 0 saturated heterocycles. The van der Waals surface area contributed by atoms with Crippen LogP contribution in [0.3, 0.4) is 0 Å². The number of hydrogen-bond acceptors (Lipinski definition) is 0. The molecule has 0 amide bonds. The molecule has 0 aliphatic carbocycles. The first-order valence-corrected chi connectivity index (χ1v) is 5.92. The number of halogens is 3. The lowest BCUT2D eigenvalue weighted by Gasteiger charge is -2.05. The first kappa shape index (κ1) is 18.9. The fourth-order valence-corrected chi connectivity index (χ4v) is 1.56. The molecule has 0 bridgehead atoms. The maximum atomic E-state index is 11.8. The molecule has 0 nitrogen and oxygen atoms in total. The molecule has 0 heterocycles. The second-order valence-corrected chi connectivity index (χ2v) is 4.05. The van der Waals surface area contributed by atoms with E-state index in [1.54, 1.807) is 0 Å². The Morgan fingerprint density at radius 3 is 1.44 bits per heavy atom. The van der Waals surface area contributed by atoms with Crippen molar-refractivity contribution in [1.29, 1.82) is 0 Å². The molecule has 4 heteroatoms. The van der Waals surface area contributed by atoms with Gasteiger partial charge < -0.3 is 0 Å². The molecule has 0 aromatic heterocycles. The zero-order valence-corrected chi connectivity index (χ0v) is 9.41. The van der Waals surface area contributed by atoms with E-state index in [0.29, 0.717) is 6.42 Å². The molecule has 0 saturated carbocycles. The average Bonchev–Trinajstić information content (AvgIpc) is 2.14. The molecule has 95 valence electrons. The fourth-order valence-electron chi connectivity index (χ4n) is 1.56. The van der Waals surface area contributed by atoms with E-state index in [2.05, 4.69) is 6.92 Å². The van der Waals surface area contributed by atoms with E-state index in [1.807, 2.05) is 0 Å². The van der Waals surface area contributed by atoms with Crippen molar-refractivity contribution in [3.05, 3.63) is 6.92 Å². The molecule has 0 aliphatic heterocycles. The van der Waals surface area contributed by atoms with Crippen molar-refractivity contribution >= 4 is 23.1 Å². The van der Waals surface area contributed by atoms with Crippen LogP contribution in [0.4, 0.5) is 13.2 Å². The zero-order chi connectivity index (χ0) is 11.6. The molecule has 0 aromatic carbocycles. The molecule has 0 spiro atoms. The van der Waals surface area contributed by atoms with Crippen LogP contribution in [0.1, 0.15) is 64.2 Å². The molecule has 0 N–H and O–H groups in total. The van der Waals surface area contributed by atoms with Crippen molar-refractivity contribution in [2.75, 3.05) is 0 Å². The number of rotatable bonds is 9. The van der Waals surface area contributed by atoms with Gasteiger partial charge in [-0.05, 0) is 6.42 Å². The van der Waals surface area contributed by atoms with Crippen LogP contribution < -0.4 is 0 Å². The fraction of sp³-hybridized carbons (Fsp3) is 0.917. The second kappa shape index (κ2) is 12.0. The lowest BCUT2D eigenvalue weighted by molar-refractivity contribution is -0.135. The van der Waals surface area contributed by atoms with Crippen LogP contribution in [-0.4, -0.2) is 29.2 Å². The minimum Gasteiger partial charge on any atom is -0.171 e. The predicted octanol–water partition coefficient (Wildman–Crippen LogP) is 4.37. The molecule has 0 atom stereocenters. The Labute approximate surface area is 114 Å². The van der Waals surface area contributed by atoms with Crippen molar-refractivity contribution in [1.82, 2.24) is 0 Å². The number of unbranched alkanes of at least 4 members (excludes halogenated alkanes) is 8. The monoisotopic (exact) mass is 249 g/mol. The van der Waals surface area contributed by atoms with Gasteiger partial charge in [0.15, 0.2) is 0 Å². The van der Waals surface area contributed by atoms with Gasteiger partial charge in [-0.25, -0.2) is 0 Å². The zero-order valence-electron chi connectivity index (χ0n) is 9.41. The first-order valence-electron chi connectivity index (χ1n) is 5.92. The van der Waals surface area contributed by atoms with Gasteiger partial charge in [0.25, 0.3) is 0 Å². The summed E-state index contributed by atoms with van der Waals surface area (Å²) in [5.74, 6) is 0. The summed E-state index contributed by atoms with van der Waals surface area (Å²) < 4.78 is 35.3. The topological polar surface area (TPSA) is 0 Å². The molecular formula is C12H24F3Mg. The Kier molecular flexibility index (Phi) is 14.2. The third-order valence-corrected chi connectivity index (χ3v) is 2.46. The lowest BCUT2D eigenvalue weighted by Crippen LogP contribution is -2.06. The van der Waals surface area contributed by atoms with Crippen molar-refractivity contribution < 1.29 is 13.2 Å². The van der Waals surface area contributed by atoms with E-state index in [9.17, 15) is 13.2 Å². The van der Waals surface area contributed by atoms with E-state index < -0.39 is 12.6 Å². The maximum absolute atomic E-state index is 11.8. The number of alkyl halides is 3. The largest absolute Gasteiger partial charge is 0.389 e. The average molecular weight is 250 g/mol. The van der Waals surface area contributed by atoms with Crippen LogP contribution in [0.2, 0.25) is 0 Å². The minimum atomic E-state index is -3.96. The Morgan fingerprint density at radius 2 is 1.06 bits per heavy atom. The van der Waals surface area contributed by atoms with Crippen molar-refractivity contribution in [2.45, 2.75) is 70.4 Å². The highest BCUT2D eigenvalue weighted by molar-refractivity contribution is 5.75. The van der Waals surface area contributed by atoms with Crippen LogP contribution in [0.25, 0.3) is 0 Å². The third-order valence-electron chi connectivity index (χ3n) is 2.46. The Morgan fingerprint density at radius 1 is 0.688 bits per heavy atom. The van der Waals surface area contributed by atoms with E-state index in [0.717, 1.165) is 32.1 Å². The van der Waals surface area contributed by atoms with Crippen molar-refractivity contribution in [2.24, 2.45) is 0 Å². The third kappa shape index (κ3) is 17.0. The van der Waals surface area contributed by atoms with Crippen LogP contribution in [0.5, 0.6) is 0 Å². The molecule has 1 radical (unpaired) electrons. The van der Waals surface area contributed by atoms with Gasteiger partial charge in [-0.3, -0.25) is 0 Å². The summed E-state index contributed by atoms with van der Waals surface area (Å²) in [6.45, 7) is 3.76. The summed E-state index contributed by atoms with van der Waals surface area (Å²) in [7, 11) is 0. The molecule has 0 unspecified atom stereocenters.